The van der Waals surface area contributed by atoms with Gasteiger partial charge in [0.2, 0.25) is 11.3 Å². The van der Waals surface area contributed by atoms with Crippen molar-refractivity contribution in [3.05, 3.63) is 58.7 Å². The number of benzene rings is 2. The SMILES string of the molecule is C[C@H]1C[C@@H]1c1ccc2c(c1)O[C@]1(O)c3cccc(N)c3C(=O)[C@]21NC(=O)OC(C)(C)C. The molecule has 2 aromatic carbocycles. The standard InChI is InChI=1S/C24H26N2O5/c1-12-10-14(12)13-8-9-15-18(11-13)30-24(29)16-6-5-7-17(25)19(16)20(27)23(15,24)26-21(28)31-22(2,3)4/h5-9,11-12,14,29H,10,25H2,1-4H3,(H,26,28)/t12-,14-,23+,24+/m0/s1. The van der Waals surface area contributed by atoms with Crippen LogP contribution in [-0.4, -0.2) is 22.6 Å². The predicted octanol–water partition coefficient (Wildman–Crippen LogP) is 3.55. The van der Waals surface area contributed by atoms with Crippen LogP contribution in [0, 0.1) is 5.92 Å². The number of nitrogen functional groups attached to an aromatic ring is 1. The number of hydrogen-bond acceptors (Lipinski definition) is 6. The number of fused-ring (bicyclic) bond motifs is 5. The summed E-state index contributed by atoms with van der Waals surface area (Å²) < 4.78 is 11.5. The fourth-order valence-electron chi connectivity index (χ4n) is 4.86. The van der Waals surface area contributed by atoms with Gasteiger partial charge in [0, 0.05) is 16.8 Å². The topological polar surface area (TPSA) is 111 Å². The Morgan fingerprint density at radius 3 is 2.61 bits per heavy atom. The Labute approximate surface area is 180 Å². The molecule has 31 heavy (non-hydrogen) atoms. The van der Waals surface area contributed by atoms with Gasteiger partial charge in [0.25, 0.3) is 5.79 Å². The van der Waals surface area contributed by atoms with Crippen LogP contribution in [0.25, 0.3) is 0 Å². The third-order valence-electron chi connectivity index (χ3n) is 6.43. The van der Waals surface area contributed by atoms with Crippen molar-refractivity contribution in [1.29, 1.82) is 0 Å². The molecular formula is C24H26N2O5. The van der Waals surface area contributed by atoms with Gasteiger partial charge >= 0.3 is 6.09 Å². The molecule has 7 nitrogen and oxygen atoms in total. The monoisotopic (exact) mass is 422 g/mol. The molecule has 2 aromatic rings. The van der Waals surface area contributed by atoms with E-state index < -0.39 is 28.8 Å². The highest BCUT2D eigenvalue weighted by molar-refractivity contribution is 6.14. The fourth-order valence-corrected chi connectivity index (χ4v) is 4.86. The number of ether oxygens (including phenoxy) is 2. The van der Waals surface area contributed by atoms with E-state index in [0.717, 1.165) is 12.0 Å². The highest BCUT2D eigenvalue weighted by Crippen LogP contribution is 2.60. The number of carbonyl (C=O) groups excluding carboxylic acids is 2. The van der Waals surface area contributed by atoms with E-state index in [1.165, 1.54) is 0 Å². The van der Waals surface area contributed by atoms with Gasteiger partial charge in [-0.25, -0.2) is 4.79 Å². The molecule has 1 saturated carbocycles. The summed E-state index contributed by atoms with van der Waals surface area (Å²) >= 11 is 0. The van der Waals surface area contributed by atoms with Crippen LogP contribution in [0.15, 0.2) is 36.4 Å². The number of aliphatic hydroxyl groups is 1. The summed E-state index contributed by atoms with van der Waals surface area (Å²) in [4.78, 5) is 26.6. The Balaban J connectivity index is 1.68. The molecule has 1 amide bonds. The highest BCUT2D eigenvalue weighted by atomic mass is 16.6. The van der Waals surface area contributed by atoms with Gasteiger partial charge in [0.15, 0.2) is 0 Å². The summed E-state index contributed by atoms with van der Waals surface area (Å²) in [5, 5.41) is 14.5. The van der Waals surface area contributed by atoms with Crippen LogP contribution >= 0.6 is 0 Å². The molecule has 3 aliphatic rings. The summed E-state index contributed by atoms with van der Waals surface area (Å²) in [7, 11) is 0. The van der Waals surface area contributed by atoms with Gasteiger partial charge in [-0.05, 0) is 56.7 Å². The van der Waals surface area contributed by atoms with Gasteiger partial charge in [0.1, 0.15) is 11.4 Å². The third-order valence-corrected chi connectivity index (χ3v) is 6.43. The van der Waals surface area contributed by atoms with E-state index in [9.17, 15) is 14.7 Å². The van der Waals surface area contributed by atoms with E-state index >= 15 is 0 Å². The molecule has 7 heteroatoms. The quantitative estimate of drug-likeness (QED) is 0.639. The normalized spacial score (nSPS) is 30.2. The molecule has 1 aliphatic heterocycles. The van der Waals surface area contributed by atoms with E-state index in [0.29, 0.717) is 23.1 Å². The minimum absolute atomic E-state index is 0.145. The second-order valence-corrected chi connectivity index (χ2v) is 9.80. The van der Waals surface area contributed by atoms with Crippen molar-refractivity contribution in [2.45, 2.75) is 57.0 Å². The number of Topliss-reactive ketones (excluding diaryl/α,β-unsaturated/α-hetero) is 1. The van der Waals surface area contributed by atoms with Crippen molar-refractivity contribution in [3.8, 4) is 5.75 Å². The summed E-state index contributed by atoms with van der Waals surface area (Å²) in [6.07, 6.45) is 0.254. The van der Waals surface area contributed by atoms with Crippen molar-refractivity contribution in [1.82, 2.24) is 5.32 Å². The first-order valence-corrected chi connectivity index (χ1v) is 10.5. The van der Waals surface area contributed by atoms with Crippen LogP contribution < -0.4 is 15.8 Å². The first kappa shape index (κ1) is 19.9. The van der Waals surface area contributed by atoms with Crippen LogP contribution in [0.5, 0.6) is 5.75 Å². The van der Waals surface area contributed by atoms with Gasteiger partial charge in [-0.3, -0.25) is 10.1 Å². The summed E-state index contributed by atoms with van der Waals surface area (Å²) in [6, 6.07) is 10.4. The number of nitrogens with one attached hydrogen (secondary N) is 1. The molecule has 1 heterocycles. The Bertz CT molecular complexity index is 1140. The minimum atomic E-state index is -2.14. The number of nitrogens with two attached hydrogens (primary N) is 1. The van der Waals surface area contributed by atoms with Crippen LogP contribution in [0.1, 0.15) is 67.1 Å². The lowest BCUT2D eigenvalue weighted by atomic mass is 9.82. The van der Waals surface area contributed by atoms with E-state index in [1.54, 1.807) is 45.0 Å². The maximum atomic E-state index is 13.8. The smallest absolute Gasteiger partial charge is 0.408 e. The lowest BCUT2D eigenvalue weighted by molar-refractivity contribution is -0.170. The molecule has 0 radical (unpaired) electrons. The number of hydrogen-bond donors (Lipinski definition) is 3. The van der Waals surface area contributed by atoms with Crippen molar-refractivity contribution in [3.63, 3.8) is 0 Å². The van der Waals surface area contributed by atoms with E-state index in [1.807, 2.05) is 12.1 Å². The van der Waals surface area contributed by atoms with Gasteiger partial charge < -0.3 is 20.3 Å². The molecule has 4 N–H and O–H groups in total. The largest absolute Gasteiger partial charge is 0.454 e. The highest BCUT2D eigenvalue weighted by Gasteiger charge is 2.72. The van der Waals surface area contributed by atoms with Crippen molar-refractivity contribution in [2.75, 3.05) is 5.73 Å². The molecule has 4 atom stereocenters. The second-order valence-electron chi connectivity index (χ2n) is 9.80. The Kier molecular flexibility index (Phi) is 3.85. The van der Waals surface area contributed by atoms with Crippen LogP contribution in [0.3, 0.4) is 0 Å². The van der Waals surface area contributed by atoms with Crippen molar-refractivity contribution < 1.29 is 24.2 Å². The lowest BCUT2D eigenvalue weighted by Gasteiger charge is -2.35. The van der Waals surface area contributed by atoms with Gasteiger partial charge in [-0.2, -0.15) is 0 Å². The van der Waals surface area contributed by atoms with E-state index in [2.05, 4.69) is 12.2 Å². The Morgan fingerprint density at radius 2 is 1.97 bits per heavy atom. The Morgan fingerprint density at radius 1 is 1.26 bits per heavy atom. The second kappa shape index (κ2) is 6.01. The zero-order chi connectivity index (χ0) is 22.3. The molecule has 0 spiro atoms. The van der Waals surface area contributed by atoms with Crippen molar-refractivity contribution >= 4 is 17.6 Å². The maximum absolute atomic E-state index is 13.8. The first-order chi connectivity index (χ1) is 14.5. The summed E-state index contributed by atoms with van der Waals surface area (Å²) in [5.41, 5.74) is 5.47. The molecule has 0 aromatic heterocycles. The molecule has 0 bridgehead atoms. The number of ketones is 1. The zero-order valence-electron chi connectivity index (χ0n) is 18.0. The number of anilines is 1. The molecule has 2 aliphatic carbocycles. The molecule has 0 saturated heterocycles. The lowest BCUT2D eigenvalue weighted by Crippen LogP contribution is -2.60. The van der Waals surface area contributed by atoms with E-state index in [-0.39, 0.29) is 16.8 Å². The van der Waals surface area contributed by atoms with Crippen LogP contribution in [0.2, 0.25) is 0 Å². The Hall–Kier alpha value is -3.06. The summed E-state index contributed by atoms with van der Waals surface area (Å²) in [5.74, 6) is -1.28. The van der Waals surface area contributed by atoms with Gasteiger partial charge in [-0.15, -0.1) is 0 Å². The van der Waals surface area contributed by atoms with Gasteiger partial charge in [0.05, 0.1) is 5.56 Å². The predicted molar refractivity (Wildman–Crippen MR) is 114 cm³/mol. The molecule has 0 unspecified atom stereocenters. The maximum Gasteiger partial charge on any atom is 0.408 e. The fraction of sp³-hybridized carbons (Fsp3) is 0.417. The summed E-state index contributed by atoms with van der Waals surface area (Å²) in [6.45, 7) is 7.35. The van der Waals surface area contributed by atoms with E-state index in [4.69, 9.17) is 15.2 Å². The van der Waals surface area contributed by atoms with Crippen LogP contribution in [0.4, 0.5) is 10.5 Å². The van der Waals surface area contributed by atoms with Gasteiger partial charge in [-0.1, -0.05) is 31.2 Å². The molecular weight excluding hydrogens is 396 g/mol. The zero-order valence-corrected chi connectivity index (χ0v) is 18.0. The number of amides is 1. The third kappa shape index (κ3) is 2.62. The first-order valence-electron chi connectivity index (χ1n) is 10.5. The number of carbonyl (C=O) groups is 2. The van der Waals surface area contributed by atoms with Crippen molar-refractivity contribution in [2.24, 2.45) is 5.92 Å². The average molecular weight is 422 g/mol. The molecule has 162 valence electrons. The molecule has 1 fully saturated rings. The number of alkyl carbamates (subject to hydrolysis) is 1. The number of rotatable bonds is 2. The average Bonchev–Trinajstić information content (AvgIpc) is 3.29. The van der Waals surface area contributed by atoms with Crippen LogP contribution in [-0.2, 0) is 16.1 Å². The minimum Gasteiger partial charge on any atom is -0.454 e. The molecule has 5 rings (SSSR count).